The largest absolute Gasteiger partial charge is 0.480 e. The lowest BCUT2D eigenvalue weighted by Gasteiger charge is -2.27. The van der Waals surface area contributed by atoms with Crippen LogP contribution in [0.5, 0.6) is 0 Å². The van der Waals surface area contributed by atoms with Gasteiger partial charge in [0.05, 0.1) is 12.1 Å². The second kappa shape index (κ2) is 20.8. The minimum atomic E-state index is -6.72. The zero-order valence-electron chi connectivity index (χ0n) is 29.4. The van der Waals surface area contributed by atoms with Gasteiger partial charge in [-0.2, -0.15) is 26.3 Å². The third kappa shape index (κ3) is 17.3. The molecule has 0 saturated carbocycles. The Morgan fingerprint density at radius 3 is 1.90 bits per heavy atom. The molecule has 0 aliphatic rings. The van der Waals surface area contributed by atoms with Crippen LogP contribution in [0.25, 0.3) is 9.70 Å². The Hall–Kier alpha value is -3.18. The lowest BCUT2D eigenvalue weighted by molar-refractivity contribution is -0.697. The molecule has 0 fully saturated rings. The molecular formula is C34H49F6N3O6S2. The van der Waals surface area contributed by atoms with Crippen molar-refractivity contribution in [3.63, 3.8) is 0 Å². The first-order valence-electron chi connectivity index (χ1n) is 16.6. The minimum absolute atomic E-state index is 0.364. The summed E-state index contributed by atoms with van der Waals surface area (Å²) < 4.78 is 117. The van der Waals surface area contributed by atoms with Crippen LogP contribution in [-0.4, -0.2) is 40.6 Å². The van der Waals surface area contributed by atoms with Crippen LogP contribution in [0, 0.1) is 0 Å². The SMILES string of the molecule is C=C(C)c1cccc(C(C)(C)NC(=O)OCCCCCC[n+]2ccc(CCCCCCCC)cc2)c1.O=S(=O)([N-]S(=O)(=O)C(F)(F)F)C(F)(F)F. The van der Waals surface area contributed by atoms with Crippen LogP contribution in [0.4, 0.5) is 31.1 Å². The van der Waals surface area contributed by atoms with Crippen LogP contribution in [-0.2, 0) is 43.3 Å². The number of halogens is 6. The van der Waals surface area contributed by atoms with E-state index in [-0.39, 0.29) is 6.09 Å². The standard InChI is InChI=1S/C32H48N2O2.C2F6NO4S2/c1-6-7-8-9-10-13-17-28-20-23-34(24-21-28)22-14-11-12-15-25-36-31(35)33-32(4,5)30-19-16-18-29(26-30)27(2)3;3-1(4,5)14(10,11)9-15(12,13)2(6,7)8/h16,18-21,23-24,26H,2,6-15,17,22,25H2,1,3-5H3;/q;-1/p+1. The number of aryl methyl sites for hydroxylation is 2. The maximum atomic E-state index is 12.3. The van der Waals surface area contributed by atoms with Gasteiger partial charge < -0.3 is 14.2 Å². The van der Waals surface area contributed by atoms with E-state index in [0.29, 0.717) is 6.61 Å². The van der Waals surface area contributed by atoms with Gasteiger partial charge in [0, 0.05) is 18.6 Å². The van der Waals surface area contributed by atoms with Crippen molar-refractivity contribution in [3.8, 4) is 0 Å². The highest BCUT2D eigenvalue weighted by molar-refractivity contribution is 8.13. The lowest BCUT2D eigenvalue weighted by Crippen LogP contribution is -2.41. The monoisotopic (exact) mass is 773 g/mol. The van der Waals surface area contributed by atoms with E-state index in [1.807, 2.05) is 39.0 Å². The molecule has 0 aliphatic carbocycles. The van der Waals surface area contributed by atoms with Crippen LogP contribution in [0.2, 0.25) is 0 Å². The number of pyridine rings is 1. The maximum absolute atomic E-state index is 12.3. The van der Waals surface area contributed by atoms with Crippen molar-refractivity contribution in [1.29, 1.82) is 0 Å². The molecule has 17 heteroatoms. The number of amides is 1. The zero-order chi connectivity index (χ0) is 38.9. The van der Waals surface area contributed by atoms with E-state index in [4.69, 9.17) is 4.74 Å². The number of sulfonamides is 2. The van der Waals surface area contributed by atoms with E-state index in [0.717, 1.165) is 53.1 Å². The molecule has 1 heterocycles. The number of carbonyl (C=O) groups is 1. The maximum Gasteiger partial charge on any atom is 0.480 e. The number of hydrogen-bond donors (Lipinski definition) is 1. The summed E-state index contributed by atoms with van der Waals surface area (Å²) in [4.78, 5) is 12.3. The molecule has 1 aromatic carbocycles. The topological polar surface area (TPSA) is 125 Å². The second-order valence-corrected chi connectivity index (χ2v) is 16.0. The molecule has 0 aliphatic heterocycles. The number of ether oxygens (including phenoxy) is 1. The Morgan fingerprint density at radius 1 is 0.824 bits per heavy atom. The lowest BCUT2D eigenvalue weighted by atomic mass is 9.92. The average molecular weight is 774 g/mol. The Balaban J connectivity index is 0.000000728. The minimum Gasteiger partial charge on any atom is -0.450 e. The number of nitrogens with zero attached hydrogens (tertiary/aromatic N) is 2. The molecule has 51 heavy (non-hydrogen) atoms. The van der Waals surface area contributed by atoms with Gasteiger partial charge in [-0.3, -0.25) is 0 Å². The summed E-state index contributed by atoms with van der Waals surface area (Å²) in [6, 6.07) is 12.7. The van der Waals surface area contributed by atoms with Crippen LogP contribution in [0.15, 0.2) is 55.4 Å². The summed E-state index contributed by atoms with van der Waals surface area (Å²) in [5.41, 5.74) is -8.34. The van der Waals surface area contributed by atoms with Crippen molar-refractivity contribution in [1.82, 2.24) is 5.32 Å². The predicted molar refractivity (Wildman–Crippen MR) is 184 cm³/mol. The Bertz CT molecular complexity index is 1550. The highest BCUT2D eigenvalue weighted by Gasteiger charge is 2.47. The Morgan fingerprint density at radius 2 is 1.35 bits per heavy atom. The number of aromatic nitrogens is 1. The van der Waals surface area contributed by atoms with E-state index < -0.39 is 36.6 Å². The van der Waals surface area contributed by atoms with Gasteiger partial charge in [-0.05, 0) is 75.6 Å². The summed E-state index contributed by atoms with van der Waals surface area (Å²) in [6.45, 7) is 13.7. The van der Waals surface area contributed by atoms with Crippen LogP contribution in [0.1, 0.15) is 109 Å². The number of hydrogen-bond acceptors (Lipinski definition) is 6. The molecule has 2 rings (SSSR count). The van der Waals surface area contributed by atoms with E-state index in [1.54, 1.807) is 0 Å². The van der Waals surface area contributed by atoms with Crippen molar-refractivity contribution in [2.75, 3.05) is 6.61 Å². The van der Waals surface area contributed by atoms with Gasteiger partial charge in [-0.15, -0.1) is 0 Å². The fourth-order valence-electron chi connectivity index (χ4n) is 4.58. The van der Waals surface area contributed by atoms with Gasteiger partial charge in [0.1, 0.15) is 6.54 Å². The first-order chi connectivity index (χ1) is 23.5. The third-order valence-electron chi connectivity index (χ3n) is 7.60. The fraction of sp³-hybridized carbons (Fsp3) is 0.588. The molecule has 9 nitrogen and oxygen atoms in total. The normalized spacial score (nSPS) is 12.5. The molecule has 1 amide bonds. The molecule has 1 N–H and O–H groups in total. The van der Waals surface area contributed by atoms with Crippen molar-refractivity contribution in [3.05, 3.63) is 76.2 Å². The highest BCUT2D eigenvalue weighted by Crippen LogP contribution is 2.36. The number of carbonyl (C=O) groups excluding carboxylic acids is 1. The molecule has 0 saturated heterocycles. The van der Waals surface area contributed by atoms with Gasteiger partial charge in [0.25, 0.3) is 0 Å². The van der Waals surface area contributed by atoms with Crippen molar-refractivity contribution in [2.24, 2.45) is 0 Å². The van der Waals surface area contributed by atoms with E-state index >= 15 is 0 Å². The molecule has 2 aromatic rings. The molecule has 1 aromatic heterocycles. The third-order valence-corrected chi connectivity index (χ3v) is 10.3. The number of unbranched alkanes of at least 4 members (excludes halogenated alkanes) is 8. The Labute approximate surface area is 298 Å². The van der Waals surface area contributed by atoms with Crippen LogP contribution < -0.4 is 9.88 Å². The first kappa shape index (κ1) is 45.8. The quantitative estimate of drug-likeness (QED) is 0.0863. The first-order valence-corrected chi connectivity index (χ1v) is 19.5. The number of rotatable bonds is 19. The van der Waals surface area contributed by atoms with Gasteiger partial charge >= 0.3 is 17.1 Å². The molecule has 290 valence electrons. The van der Waals surface area contributed by atoms with Gasteiger partial charge in [0.2, 0.25) is 0 Å². The second-order valence-electron chi connectivity index (χ2n) is 12.5. The van der Waals surface area contributed by atoms with Crippen molar-refractivity contribution >= 4 is 31.7 Å². The van der Waals surface area contributed by atoms with Gasteiger partial charge in [-0.25, -0.2) is 26.2 Å². The van der Waals surface area contributed by atoms with Crippen LogP contribution >= 0.6 is 0 Å². The number of alkyl halides is 6. The van der Waals surface area contributed by atoms with Crippen molar-refractivity contribution < 1.29 is 57.3 Å². The van der Waals surface area contributed by atoms with Gasteiger partial charge in [-0.1, -0.05) is 69.4 Å². The Kier molecular flexibility index (Phi) is 18.7. The van der Waals surface area contributed by atoms with E-state index in [1.165, 1.54) is 50.5 Å². The smallest absolute Gasteiger partial charge is 0.450 e. The van der Waals surface area contributed by atoms with Gasteiger partial charge in [0.15, 0.2) is 32.4 Å². The molecule has 0 bridgehead atoms. The number of allylic oxidation sites excluding steroid dienone is 1. The summed E-state index contributed by atoms with van der Waals surface area (Å²) in [7, 11) is -13.4. The summed E-state index contributed by atoms with van der Waals surface area (Å²) in [5, 5.41) is 3.00. The molecular weight excluding hydrogens is 725 g/mol. The highest BCUT2D eigenvalue weighted by atomic mass is 32.3. The number of benzene rings is 1. The summed E-state index contributed by atoms with van der Waals surface area (Å²) >= 11 is 0. The molecule has 0 radical (unpaired) electrons. The fourth-order valence-corrected chi connectivity index (χ4v) is 6.29. The van der Waals surface area contributed by atoms with Crippen molar-refractivity contribution in [2.45, 2.75) is 121 Å². The molecule has 0 unspecified atom stereocenters. The number of alkyl carbamates (subject to hydrolysis) is 1. The van der Waals surface area contributed by atoms with E-state index in [9.17, 15) is 48.0 Å². The molecule has 0 spiro atoms. The summed E-state index contributed by atoms with van der Waals surface area (Å²) in [6.07, 6.45) is 17.6. The zero-order valence-corrected chi connectivity index (χ0v) is 31.1. The average Bonchev–Trinajstić information content (AvgIpc) is 3.01. The van der Waals surface area contributed by atoms with Crippen LogP contribution in [0.3, 0.4) is 0 Å². The summed E-state index contributed by atoms with van der Waals surface area (Å²) in [5.74, 6) is 0. The van der Waals surface area contributed by atoms with E-state index in [2.05, 4.69) is 54.0 Å². The molecule has 0 atom stereocenters. The number of nitrogens with one attached hydrogen (secondary N) is 1. The predicted octanol–water partition coefficient (Wildman–Crippen LogP) is 9.19.